The Morgan fingerprint density at radius 1 is 1.52 bits per heavy atom. The highest BCUT2D eigenvalue weighted by Gasteiger charge is 2.35. The minimum Gasteiger partial charge on any atom is -0.369 e. The van der Waals surface area contributed by atoms with E-state index in [1.54, 1.807) is 0 Å². The van der Waals surface area contributed by atoms with Crippen LogP contribution >= 0.6 is 0 Å². The Morgan fingerprint density at radius 3 is 2.90 bits per heavy atom. The molecule has 5 heteroatoms. The van der Waals surface area contributed by atoms with Gasteiger partial charge in [0.25, 0.3) is 5.91 Å². The van der Waals surface area contributed by atoms with Crippen LogP contribution in [-0.2, 0) is 0 Å². The monoisotopic (exact) mass is 293 g/mol. The molecule has 2 rings (SSSR count). The van der Waals surface area contributed by atoms with Crippen LogP contribution in [0, 0.1) is 11.2 Å². The lowest BCUT2D eigenvalue weighted by Gasteiger charge is -2.28. The maximum atomic E-state index is 13.4. The fourth-order valence-corrected chi connectivity index (χ4v) is 2.83. The SMILES string of the molecule is CCCNc1ncc(F)cc1C(=O)NC1CCCC1(C)C. The molecule has 0 spiro atoms. The molecule has 0 aliphatic heterocycles. The van der Waals surface area contributed by atoms with Crippen LogP contribution in [0.3, 0.4) is 0 Å². The Balaban J connectivity index is 2.16. The molecule has 0 aromatic carbocycles. The highest BCUT2D eigenvalue weighted by Crippen LogP contribution is 2.37. The van der Waals surface area contributed by atoms with Crippen LogP contribution in [0.25, 0.3) is 0 Å². The first-order chi connectivity index (χ1) is 9.94. The maximum Gasteiger partial charge on any atom is 0.255 e. The average Bonchev–Trinajstić information content (AvgIpc) is 2.76. The van der Waals surface area contributed by atoms with Gasteiger partial charge in [0.2, 0.25) is 0 Å². The summed E-state index contributed by atoms with van der Waals surface area (Å²) in [5.74, 6) is -0.292. The molecule has 1 aromatic rings. The van der Waals surface area contributed by atoms with Crippen molar-refractivity contribution < 1.29 is 9.18 Å². The predicted octanol–water partition coefficient (Wildman–Crippen LogP) is 3.35. The summed E-state index contributed by atoms with van der Waals surface area (Å²) >= 11 is 0. The number of hydrogen-bond acceptors (Lipinski definition) is 3. The quantitative estimate of drug-likeness (QED) is 0.875. The third-order valence-corrected chi connectivity index (χ3v) is 4.20. The smallest absolute Gasteiger partial charge is 0.255 e. The molecule has 1 aliphatic rings. The van der Waals surface area contributed by atoms with Gasteiger partial charge in [-0.3, -0.25) is 4.79 Å². The number of amides is 1. The van der Waals surface area contributed by atoms with Gasteiger partial charge in [0.1, 0.15) is 11.6 Å². The molecule has 1 aromatic heterocycles. The van der Waals surface area contributed by atoms with E-state index in [9.17, 15) is 9.18 Å². The molecule has 116 valence electrons. The van der Waals surface area contributed by atoms with Gasteiger partial charge in [-0.2, -0.15) is 0 Å². The topological polar surface area (TPSA) is 54.0 Å². The van der Waals surface area contributed by atoms with Gasteiger partial charge >= 0.3 is 0 Å². The van der Waals surface area contributed by atoms with Gasteiger partial charge < -0.3 is 10.6 Å². The molecule has 1 heterocycles. The van der Waals surface area contributed by atoms with Crippen molar-refractivity contribution in [1.82, 2.24) is 10.3 Å². The van der Waals surface area contributed by atoms with E-state index in [2.05, 4.69) is 29.5 Å². The molecule has 0 radical (unpaired) electrons. The molecule has 0 bridgehead atoms. The van der Waals surface area contributed by atoms with Crippen molar-refractivity contribution in [3.8, 4) is 0 Å². The molecule has 1 amide bonds. The van der Waals surface area contributed by atoms with Crippen LogP contribution in [0.4, 0.5) is 10.2 Å². The normalized spacial score (nSPS) is 20.3. The molecule has 21 heavy (non-hydrogen) atoms. The number of carbonyl (C=O) groups excluding carboxylic acids is 1. The molecular formula is C16H24FN3O. The highest BCUT2D eigenvalue weighted by atomic mass is 19.1. The Morgan fingerprint density at radius 2 is 2.29 bits per heavy atom. The molecule has 1 aliphatic carbocycles. The molecule has 0 saturated heterocycles. The summed E-state index contributed by atoms with van der Waals surface area (Å²) in [4.78, 5) is 16.5. The first-order valence-corrected chi connectivity index (χ1v) is 7.64. The fourth-order valence-electron chi connectivity index (χ4n) is 2.83. The summed E-state index contributed by atoms with van der Waals surface area (Å²) in [6.07, 6.45) is 5.23. The number of carbonyl (C=O) groups is 1. The predicted molar refractivity (Wildman–Crippen MR) is 81.9 cm³/mol. The van der Waals surface area contributed by atoms with Crippen LogP contribution in [0.1, 0.15) is 56.8 Å². The molecule has 1 fully saturated rings. The van der Waals surface area contributed by atoms with Crippen molar-refractivity contribution in [2.75, 3.05) is 11.9 Å². The van der Waals surface area contributed by atoms with Crippen LogP contribution in [-0.4, -0.2) is 23.5 Å². The van der Waals surface area contributed by atoms with Crippen molar-refractivity contribution >= 4 is 11.7 Å². The first-order valence-electron chi connectivity index (χ1n) is 7.64. The third kappa shape index (κ3) is 3.71. The number of aromatic nitrogens is 1. The number of anilines is 1. The van der Waals surface area contributed by atoms with Gasteiger partial charge in [0.05, 0.1) is 11.8 Å². The van der Waals surface area contributed by atoms with Crippen molar-refractivity contribution in [1.29, 1.82) is 0 Å². The van der Waals surface area contributed by atoms with Crippen molar-refractivity contribution in [3.63, 3.8) is 0 Å². The van der Waals surface area contributed by atoms with Crippen LogP contribution in [0.5, 0.6) is 0 Å². The summed E-state index contributed by atoms with van der Waals surface area (Å²) in [6.45, 7) is 7.04. The Bertz CT molecular complexity index is 516. The van der Waals surface area contributed by atoms with E-state index < -0.39 is 5.82 Å². The zero-order valence-electron chi connectivity index (χ0n) is 13.0. The zero-order chi connectivity index (χ0) is 15.5. The second-order valence-corrected chi connectivity index (χ2v) is 6.38. The van der Waals surface area contributed by atoms with E-state index in [1.165, 1.54) is 6.07 Å². The molecule has 2 N–H and O–H groups in total. The van der Waals surface area contributed by atoms with Crippen LogP contribution in [0.2, 0.25) is 0 Å². The third-order valence-electron chi connectivity index (χ3n) is 4.20. The van der Waals surface area contributed by atoms with Gasteiger partial charge in [-0.1, -0.05) is 27.2 Å². The Kier molecular flexibility index (Phi) is 4.80. The second kappa shape index (κ2) is 6.41. The van der Waals surface area contributed by atoms with Crippen LogP contribution in [0.15, 0.2) is 12.3 Å². The van der Waals surface area contributed by atoms with Gasteiger partial charge in [-0.05, 0) is 30.7 Å². The minimum absolute atomic E-state index is 0.0907. The summed E-state index contributed by atoms with van der Waals surface area (Å²) in [5.41, 5.74) is 0.374. The lowest BCUT2D eigenvalue weighted by Crippen LogP contribution is -2.41. The van der Waals surface area contributed by atoms with Crippen molar-refractivity contribution in [3.05, 3.63) is 23.6 Å². The molecule has 1 atom stereocenters. The van der Waals surface area contributed by atoms with E-state index >= 15 is 0 Å². The maximum absolute atomic E-state index is 13.4. The fraction of sp³-hybridized carbons (Fsp3) is 0.625. The molecule has 1 saturated carbocycles. The summed E-state index contributed by atoms with van der Waals surface area (Å²) in [6, 6.07) is 1.38. The minimum atomic E-state index is -0.493. The summed E-state index contributed by atoms with van der Waals surface area (Å²) in [7, 11) is 0. The second-order valence-electron chi connectivity index (χ2n) is 6.38. The molecular weight excluding hydrogens is 269 g/mol. The van der Waals surface area contributed by atoms with E-state index in [0.29, 0.717) is 12.4 Å². The van der Waals surface area contributed by atoms with E-state index in [0.717, 1.165) is 31.9 Å². The Labute approximate surface area is 125 Å². The number of halogens is 1. The average molecular weight is 293 g/mol. The summed E-state index contributed by atoms with van der Waals surface area (Å²) in [5, 5.41) is 6.12. The lowest BCUT2D eigenvalue weighted by atomic mass is 9.87. The van der Waals surface area contributed by atoms with Gasteiger partial charge in [-0.25, -0.2) is 9.37 Å². The van der Waals surface area contributed by atoms with Crippen molar-refractivity contribution in [2.24, 2.45) is 5.41 Å². The van der Waals surface area contributed by atoms with E-state index in [-0.39, 0.29) is 22.9 Å². The van der Waals surface area contributed by atoms with Crippen molar-refractivity contribution in [2.45, 2.75) is 52.5 Å². The number of nitrogens with one attached hydrogen (secondary N) is 2. The van der Waals surface area contributed by atoms with Gasteiger partial charge in [-0.15, -0.1) is 0 Å². The largest absolute Gasteiger partial charge is 0.369 e. The number of nitrogens with zero attached hydrogens (tertiary/aromatic N) is 1. The number of pyridine rings is 1. The zero-order valence-corrected chi connectivity index (χ0v) is 13.0. The van der Waals surface area contributed by atoms with Gasteiger partial charge in [0, 0.05) is 12.6 Å². The van der Waals surface area contributed by atoms with Crippen LogP contribution < -0.4 is 10.6 Å². The highest BCUT2D eigenvalue weighted by molar-refractivity contribution is 5.99. The lowest BCUT2D eigenvalue weighted by molar-refractivity contribution is 0.0910. The molecule has 1 unspecified atom stereocenters. The Hall–Kier alpha value is -1.65. The number of rotatable bonds is 5. The first kappa shape index (κ1) is 15.7. The molecule has 4 nitrogen and oxygen atoms in total. The van der Waals surface area contributed by atoms with Gasteiger partial charge in [0.15, 0.2) is 0 Å². The van der Waals surface area contributed by atoms with E-state index in [4.69, 9.17) is 0 Å². The summed E-state index contributed by atoms with van der Waals surface area (Å²) < 4.78 is 13.4. The number of hydrogen-bond donors (Lipinski definition) is 2. The standard InChI is InChI=1S/C16H24FN3O/c1-4-8-18-14-12(9-11(17)10-19-14)15(21)20-13-6-5-7-16(13,2)3/h9-10,13H,4-8H2,1-3H3,(H,18,19)(H,20,21). The van der Waals surface area contributed by atoms with E-state index in [1.807, 2.05) is 6.92 Å².